The van der Waals surface area contributed by atoms with Gasteiger partial charge in [0.2, 0.25) is 0 Å². The van der Waals surface area contributed by atoms with Crippen LogP contribution in [0.3, 0.4) is 0 Å². The number of esters is 2. The van der Waals surface area contributed by atoms with Gasteiger partial charge in [0.15, 0.2) is 11.5 Å². The minimum absolute atomic E-state index is 0.0628. The normalized spacial score (nSPS) is 13.2. The highest BCUT2D eigenvalue weighted by Gasteiger charge is 2.24. The fourth-order valence-electron chi connectivity index (χ4n) is 2.93. The van der Waals surface area contributed by atoms with Gasteiger partial charge in [-0.05, 0) is 41.9 Å². The Kier molecular flexibility index (Phi) is 13.4. The molecule has 0 aliphatic rings. The molecule has 0 saturated carbocycles. The molecular weight excluding hydrogens is 522 g/mol. The molecule has 0 amide bonds. The van der Waals surface area contributed by atoms with E-state index >= 15 is 0 Å². The first-order valence-electron chi connectivity index (χ1n) is 13.2. The van der Waals surface area contributed by atoms with Crippen LogP contribution >= 0.6 is 0 Å². The van der Waals surface area contributed by atoms with Crippen molar-refractivity contribution in [3.05, 3.63) is 23.8 Å². The number of benzene rings is 1. The van der Waals surface area contributed by atoms with Crippen molar-refractivity contribution in [3.63, 3.8) is 0 Å². The predicted octanol–water partition coefficient (Wildman–Crippen LogP) is 5.07. The molecule has 11 heteroatoms. The Bertz CT molecular complexity index is 1010. The van der Waals surface area contributed by atoms with Gasteiger partial charge in [-0.3, -0.25) is 9.59 Å². The van der Waals surface area contributed by atoms with Gasteiger partial charge in [-0.15, -0.1) is 0 Å². The number of carbonyl (C=O) groups excluding carboxylic acids is 4. The fraction of sp³-hybridized carbons (Fsp3) is 0.655. The second kappa shape index (κ2) is 15.4. The van der Waals surface area contributed by atoms with Gasteiger partial charge in [-0.1, -0.05) is 61.5 Å². The maximum atomic E-state index is 12.5. The van der Waals surface area contributed by atoms with Gasteiger partial charge in [0, 0.05) is 6.54 Å². The number of hydrogen-bond donors (Lipinski definition) is 1. The van der Waals surface area contributed by atoms with Crippen LogP contribution in [-0.4, -0.2) is 63.3 Å². The van der Waals surface area contributed by atoms with Crippen molar-refractivity contribution in [2.24, 2.45) is 16.7 Å². The minimum Gasteiger partial charge on any atom is -0.468 e. The molecule has 0 saturated heterocycles. The first kappa shape index (κ1) is 34.7. The first-order valence-corrected chi connectivity index (χ1v) is 13.2. The molecule has 0 aliphatic carbocycles. The molecule has 1 aromatic rings. The molecule has 11 nitrogen and oxygen atoms in total. The highest BCUT2D eigenvalue weighted by molar-refractivity contribution is 5.76. The van der Waals surface area contributed by atoms with Crippen LogP contribution in [0.15, 0.2) is 18.2 Å². The topological polar surface area (TPSA) is 136 Å². The summed E-state index contributed by atoms with van der Waals surface area (Å²) in [6.45, 7) is 17.0. The minimum atomic E-state index is -0.983. The van der Waals surface area contributed by atoms with Gasteiger partial charge < -0.3 is 33.7 Å². The van der Waals surface area contributed by atoms with Crippen molar-refractivity contribution in [2.45, 2.75) is 80.9 Å². The Morgan fingerprint density at radius 1 is 0.800 bits per heavy atom. The van der Waals surface area contributed by atoms with Crippen molar-refractivity contribution in [2.75, 3.05) is 26.9 Å². The van der Waals surface area contributed by atoms with Crippen molar-refractivity contribution >= 4 is 24.2 Å². The molecule has 226 valence electrons. The van der Waals surface area contributed by atoms with Crippen LogP contribution in [0.5, 0.6) is 11.5 Å². The quantitative estimate of drug-likeness (QED) is 0.206. The summed E-state index contributed by atoms with van der Waals surface area (Å²) < 4.78 is 31.3. The van der Waals surface area contributed by atoms with Crippen molar-refractivity contribution < 1.29 is 47.6 Å². The van der Waals surface area contributed by atoms with E-state index in [1.54, 1.807) is 26.8 Å². The zero-order chi connectivity index (χ0) is 30.7. The van der Waals surface area contributed by atoms with Crippen LogP contribution in [0.25, 0.3) is 0 Å². The summed E-state index contributed by atoms with van der Waals surface area (Å²) in [5.41, 5.74) is -0.0139. The van der Waals surface area contributed by atoms with Crippen LogP contribution in [0.2, 0.25) is 0 Å². The molecule has 2 atom stereocenters. The standard InChI is InChI=1S/C29H45NO10/c1-18(2)24(31)38-19(3)15-30-21(25(32)35-10)13-20-11-12-22(39-26(33)36-16-28(4,5)6)23(14-20)40-27(34)37-17-29(7,8)9/h11-12,14,18-19,21,30H,13,15-17H2,1-10H3/t19?,21-/m0/s1. The summed E-state index contributed by atoms with van der Waals surface area (Å²) in [5.74, 6) is -1.32. The van der Waals surface area contributed by atoms with E-state index in [1.807, 2.05) is 41.5 Å². The molecule has 0 aliphatic heterocycles. The van der Waals surface area contributed by atoms with Crippen LogP contribution in [0, 0.1) is 16.7 Å². The zero-order valence-corrected chi connectivity index (χ0v) is 25.4. The Labute approximate surface area is 237 Å². The number of hydrogen-bond acceptors (Lipinski definition) is 11. The molecule has 0 radical (unpaired) electrons. The average Bonchev–Trinajstić information content (AvgIpc) is 2.84. The van der Waals surface area contributed by atoms with Crippen LogP contribution in [0.1, 0.15) is 67.9 Å². The smallest absolute Gasteiger partial charge is 0.468 e. The zero-order valence-electron chi connectivity index (χ0n) is 25.4. The monoisotopic (exact) mass is 567 g/mol. The van der Waals surface area contributed by atoms with Gasteiger partial charge in [0.25, 0.3) is 0 Å². The molecular formula is C29H45NO10. The maximum Gasteiger partial charge on any atom is 0.513 e. The molecule has 1 aromatic carbocycles. The molecule has 0 bridgehead atoms. The van der Waals surface area contributed by atoms with Crippen molar-refractivity contribution in [1.29, 1.82) is 0 Å². The average molecular weight is 568 g/mol. The molecule has 1 unspecified atom stereocenters. The maximum absolute atomic E-state index is 12.5. The van der Waals surface area contributed by atoms with Gasteiger partial charge in [-0.2, -0.15) is 0 Å². The largest absolute Gasteiger partial charge is 0.513 e. The summed E-state index contributed by atoms with van der Waals surface area (Å²) in [6, 6.07) is 3.69. The molecule has 1 N–H and O–H groups in total. The van der Waals surface area contributed by atoms with Crippen molar-refractivity contribution in [3.8, 4) is 11.5 Å². The van der Waals surface area contributed by atoms with E-state index in [2.05, 4.69) is 5.32 Å². The Morgan fingerprint density at radius 3 is 1.80 bits per heavy atom. The molecule has 0 fully saturated rings. The van der Waals surface area contributed by atoms with E-state index in [0.29, 0.717) is 5.56 Å². The van der Waals surface area contributed by atoms with Gasteiger partial charge in [0.1, 0.15) is 12.1 Å². The van der Waals surface area contributed by atoms with E-state index in [4.69, 9.17) is 28.4 Å². The van der Waals surface area contributed by atoms with Gasteiger partial charge >= 0.3 is 24.2 Å². The summed E-state index contributed by atoms with van der Waals surface area (Å²) in [4.78, 5) is 49.0. The number of ether oxygens (including phenoxy) is 6. The summed E-state index contributed by atoms with van der Waals surface area (Å²) in [7, 11) is 1.26. The Morgan fingerprint density at radius 2 is 1.32 bits per heavy atom. The number of rotatable bonds is 12. The highest BCUT2D eigenvalue weighted by Crippen LogP contribution is 2.30. The van der Waals surface area contributed by atoms with E-state index in [0.717, 1.165) is 0 Å². The summed E-state index contributed by atoms with van der Waals surface area (Å²) >= 11 is 0. The second-order valence-electron chi connectivity index (χ2n) is 12.3. The molecule has 0 spiro atoms. The van der Waals surface area contributed by atoms with Crippen LogP contribution < -0.4 is 14.8 Å². The number of methoxy groups -OCH3 is 1. The summed E-state index contributed by atoms with van der Waals surface area (Å²) in [5, 5.41) is 3.05. The molecule has 40 heavy (non-hydrogen) atoms. The molecule has 1 rings (SSSR count). The first-order chi connectivity index (χ1) is 18.4. The van der Waals surface area contributed by atoms with Gasteiger partial charge in [0.05, 0.1) is 26.2 Å². The SMILES string of the molecule is COC(=O)[C@H](Cc1ccc(OC(=O)OCC(C)(C)C)c(OC(=O)OCC(C)(C)C)c1)NCC(C)OC(=O)C(C)C. The third-order valence-electron chi connectivity index (χ3n) is 5.01. The summed E-state index contributed by atoms with van der Waals surface area (Å²) in [6.07, 6.45) is -2.31. The lowest BCUT2D eigenvalue weighted by atomic mass is 9.99. The molecule has 0 heterocycles. The van der Waals surface area contributed by atoms with Crippen molar-refractivity contribution in [1.82, 2.24) is 5.32 Å². The van der Waals surface area contributed by atoms with Crippen LogP contribution in [-0.2, 0) is 35.0 Å². The Hall–Kier alpha value is -3.34. The predicted molar refractivity (Wildman–Crippen MR) is 147 cm³/mol. The molecule has 0 aromatic heterocycles. The number of carbonyl (C=O) groups is 4. The van der Waals surface area contributed by atoms with E-state index in [1.165, 1.54) is 19.2 Å². The lowest BCUT2D eigenvalue weighted by Gasteiger charge is -2.21. The Balaban J connectivity index is 3.12. The lowest BCUT2D eigenvalue weighted by molar-refractivity contribution is -0.152. The van der Waals surface area contributed by atoms with E-state index < -0.39 is 30.4 Å². The van der Waals surface area contributed by atoms with E-state index in [9.17, 15) is 19.2 Å². The van der Waals surface area contributed by atoms with E-state index in [-0.39, 0.29) is 60.4 Å². The third-order valence-corrected chi connectivity index (χ3v) is 5.01. The third kappa shape index (κ3) is 14.2. The van der Waals surface area contributed by atoms with Gasteiger partial charge in [-0.25, -0.2) is 9.59 Å². The second-order valence-corrected chi connectivity index (χ2v) is 12.3. The van der Waals surface area contributed by atoms with Crippen LogP contribution in [0.4, 0.5) is 9.59 Å². The number of nitrogens with one attached hydrogen (secondary N) is 1. The lowest BCUT2D eigenvalue weighted by Crippen LogP contribution is -2.43. The highest BCUT2D eigenvalue weighted by atomic mass is 16.7. The fourth-order valence-corrected chi connectivity index (χ4v) is 2.93.